The van der Waals surface area contributed by atoms with Crippen LogP contribution in [0.4, 0.5) is 5.69 Å². The largest absolute Gasteiger partial charge is 0.287 e. The van der Waals surface area contributed by atoms with Crippen LogP contribution in [0.25, 0.3) is 16.9 Å². The van der Waals surface area contributed by atoms with Gasteiger partial charge in [-0.2, -0.15) is 0 Å². The molecule has 0 aliphatic carbocycles. The van der Waals surface area contributed by atoms with Crippen molar-refractivity contribution in [1.29, 1.82) is 0 Å². The van der Waals surface area contributed by atoms with E-state index < -0.39 is 4.92 Å². The van der Waals surface area contributed by atoms with E-state index in [2.05, 4.69) is 9.97 Å². The first-order valence-corrected chi connectivity index (χ1v) is 5.78. The fourth-order valence-corrected chi connectivity index (χ4v) is 2.10. The maximum Gasteiger partial charge on any atom is 0.287 e. The molecule has 0 N–H and O–H groups in total. The lowest BCUT2D eigenvalue weighted by Crippen LogP contribution is -1.98. The van der Waals surface area contributed by atoms with E-state index in [0.717, 1.165) is 11.0 Å². The number of nitrogens with zero attached hydrogens (tertiary/aromatic N) is 4. The number of pyridine rings is 1. The van der Waals surface area contributed by atoms with Crippen LogP contribution < -0.4 is 0 Å². The van der Waals surface area contributed by atoms with E-state index in [1.54, 1.807) is 4.57 Å². The van der Waals surface area contributed by atoms with Crippen LogP contribution in [0.15, 0.2) is 42.6 Å². The highest BCUT2D eigenvalue weighted by atomic mass is 35.5. The maximum atomic E-state index is 10.6. The Bertz CT molecular complexity index is 767. The van der Waals surface area contributed by atoms with Gasteiger partial charge in [-0.25, -0.2) is 9.97 Å². The molecule has 3 rings (SSSR count). The first-order valence-electron chi connectivity index (χ1n) is 5.40. The minimum Gasteiger partial charge on any atom is -0.267 e. The van der Waals surface area contributed by atoms with Gasteiger partial charge in [0.25, 0.3) is 5.69 Å². The first kappa shape index (κ1) is 11.6. The molecule has 0 saturated carbocycles. The van der Waals surface area contributed by atoms with Crippen molar-refractivity contribution in [2.45, 2.75) is 0 Å². The fourth-order valence-electron chi connectivity index (χ4n) is 1.83. The second-order valence-corrected chi connectivity index (χ2v) is 4.17. The minimum absolute atomic E-state index is 0.0655. The summed E-state index contributed by atoms with van der Waals surface area (Å²) in [4.78, 5) is 18.4. The summed E-state index contributed by atoms with van der Waals surface area (Å²) in [6, 6.07) is 10.3. The number of hydrogen-bond acceptors (Lipinski definition) is 4. The zero-order valence-electron chi connectivity index (χ0n) is 9.52. The van der Waals surface area contributed by atoms with E-state index in [-0.39, 0.29) is 11.0 Å². The number of para-hydroxylation sites is 2. The van der Waals surface area contributed by atoms with Crippen LogP contribution >= 0.6 is 11.6 Å². The molecule has 7 heteroatoms. The van der Waals surface area contributed by atoms with Gasteiger partial charge in [0.2, 0.25) is 5.28 Å². The predicted octanol–water partition coefficient (Wildman–Crippen LogP) is 2.98. The number of rotatable bonds is 2. The Morgan fingerprint density at radius 1 is 1.21 bits per heavy atom. The van der Waals surface area contributed by atoms with Crippen molar-refractivity contribution in [2.24, 2.45) is 0 Å². The molecule has 2 heterocycles. The van der Waals surface area contributed by atoms with Gasteiger partial charge in [-0.3, -0.25) is 14.7 Å². The highest BCUT2D eigenvalue weighted by Gasteiger charge is 2.12. The SMILES string of the molecule is O=[N+]([O-])c1ccc(-n2c(Cl)nc3ccccc32)nc1. The molecule has 0 radical (unpaired) electrons. The molecule has 0 atom stereocenters. The highest BCUT2D eigenvalue weighted by Crippen LogP contribution is 2.24. The molecule has 0 amide bonds. The molecule has 19 heavy (non-hydrogen) atoms. The van der Waals surface area contributed by atoms with E-state index in [1.807, 2.05) is 24.3 Å². The van der Waals surface area contributed by atoms with Gasteiger partial charge in [0.15, 0.2) is 0 Å². The van der Waals surface area contributed by atoms with Crippen molar-refractivity contribution in [3.8, 4) is 5.82 Å². The number of hydrogen-bond donors (Lipinski definition) is 0. The molecule has 94 valence electrons. The Balaban J connectivity index is 2.18. The summed E-state index contributed by atoms with van der Waals surface area (Å²) in [7, 11) is 0. The van der Waals surface area contributed by atoms with Crippen LogP contribution in [0.1, 0.15) is 0 Å². The highest BCUT2D eigenvalue weighted by molar-refractivity contribution is 6.29. The Labute approximate surface area is 112 Å². The van der Waals surface area contributed by atoms with E-state index in [9.17, 15) is 10.1 Å². The number of nitro groups is 1. The van der Waals surface area contributed by atoms with Gasteiger partial charge in [0.1, 0.15) is 12.0 Å². The normalized spacial score (nSPS) is 10.8. The summed E-state index contributed by atoms with van der Waals surface area (Å²) >= 11 is 6.08. The van der Waals surface area contributed by atoms with Gasteiger partial charge in [-0.05, 0) is 29.8 Å². The Morgan fingerprint density at radius 3 is 2.68 bits per heavy atom. The molecular weight excluding hydrogens is 268 g/mol. The zero-order valence-corrected chi connectivity index (χ0v) is 10.3. The van der Waals surface area contributed by atoms with Crippen molar-refractivity contribution in [3.05, 3.63) is 58.0 Å². The number of imidazole rings is 1. The van der Waals surface area contributed by atoms with Crippen molar-refractivity contribution >= 4 is 28.3 Å². The monoisotopic (exact) mass is 274 g/mol. The first-order chi connectivity index (χ1) is 9.16. The minimum atomic E-state index is -0.496. The molecule has 6 nitrogen and oxygen atoms in total. The lowest BCUT2D eigenvalue weighted by Gasteiger charge is -2.03. The van der Waals surface area contributed by atoms with E-state index in [1.165, 1.54) is 18.3 Å². The van der Waals surface area contributed by atoms with Crippen LogP contribution in [0.3, 0.4) is 0 Å². The molecule has 3 aromatic rings. The maximum absolute atomic E-state index is 10.6. The molecular formula is C12H7ClN4O2. The smallest absolute Gasteiger partial charge is 0.267 e. The van der Waals surface area contributed by atoms with Gasteiger partial charge in [0, 0.05) is 6.07 Å². The van der Waals surface area contributed by atoms with Crippen molar-refractivity contribution in [1.82, 2.24) is 14.5 Å². The third-order valence-electron chi connectivity index (χ3n) is 2.69. The second kappa shape index (κ2) is 4.33. The van der Waals surface area contributed by atoms with Crippen LogP contribution in [-0.4, -0.2) is 19.5 Å². The van der Waals surface area contributed by atoms with Gasteiger partial charge >= 0.3 is 0 Å². The topological polar surface area (TPSA) is 73.8 Å². The van der Waals surface area contributed by atoms with Crippen LogP contribution in [0, 0.1) is 10.1 Å². The van der Waals surface area contributed by atoms with E-state index in [4.69, 9.17) is 11.6 Å². The third kappa shape index (κ3) is 1.92. The number of aromatic nitrogens is 3. The van der Waals surface area contributed by atoms with Gasteiger partial charge in [0.05, 0.1) is 16.0 Å². The summed E-state index contributed by atoms with van der Waals surface area (Å²) in [5.41, 5.74) is 1.48. The van der Waals surface area contributed by atoms with Crippen LogP contribution in [0.2, 0.25) is 5.28 Å². The standard InChI is InChI=1S/C12H7ClN4O2/c13-12-15-9-3-1-2-4-10(9)16(12)11-6-5-8(7-14-11)17(18)19/h1-7H. The number of halogens is 1. The molecule has 0 unspecified atom stereocenters. The Morgan fingerprint density at radius 2 is 2.00 bits per heavy atom. The zero-order chi connectivity index (χ0) is 13.4. The lowest BCUT2D eigenvalue weighted by molar-refractivity contribution is -0.385. The molecule has 0 aliphatic heterocycles. The van der Waals surface area contributed by atoms with Crippen molar-refractivity contribution in [2.75, 3.05) is 0 Å². The molecule has 0 bridgehead atoms. The van der Waals surface area contributed by atoms with E-state index >= 15 is 0 Å². The van der Waals surface area contributed by atoms with Crippen LogP contribution in [0.5, 0.6) is 0 Å². The summed E-state index contributed by atoms with van der Waals surface area (Å²) in [6.07, 6.45) is 1.19. The summed E-state index contributed by atoms with van der Waals surface area (Å²) < 4.78 is 1.64. The van der Waals surface area contributed by atoms with Gasteiger partial charge < -0.3 is 0 Å². The fraction of sp³-hybridized carbons (Fsp3) is 0. The average molecular weight is 275 g/mol. The van der Waals surface area contributed by atoms with Gasteiger partial charge in [-0.15, -0.1) is 0 Å². The predicted molar refractivity (Wildman–Crippen MR) is 70.5 cm³/mol. The molecule has 0 aliphatic rings. The second-order valence-electron chi connectivity index (χ2n) is 3.84. The summed E-state index contributed by atoms with van der Waals surface area (Å²) in [5.74, 6) is 0.490. The Hall–Kier alpha value is -2.47. The molecule has 0 saturated heterocycles. The molecule has 0 fully saturated rings. The molecule has 1 aromatic carbocycles. The van der Waals surface area contributed by atoms with Gasteiger partial charge in [-0.1, -0.05) is 12.1 Å². The number of fused-ring (bicyclic) bond motifs is 1. The molecule has 0 spiro atoms. The van der Waals surface area contributed by atoms with Crippen molar-refractivity contribution < 1.29 is 4.92 Å². The third-order valence-corrected chi connectivity index (χ3v) is 2.95. The summed E-state index contributed by atoms with van der Waals surface area (Å²) in [6.45, 7) is 0. The van der Waals surface area contributed by atoms with Crippen LogP contribution in [-0.2, 0) is 0 Å². The van der Waals surface area contributed by atoms with E-state index in [0.29, 0.717) is 5.82 Å². The quantitative estimate of drug-likeness (QED) is 0.532. The lowest BCUT2D eigenvalue weighted by atomic mass is 10.3. The average Bonchev–Trinajstić information content (AvgIpc) is 2.74. The summed E-state index contributed by atoms with van der Waals surface area (Å²) in [5, 5.41) is 10.9. The number of benzene rings is 1. The Kier molecular flexibility index (Phi) is 2.64. The molecule has 2 aromatic heterocycles. The van der Waals surface area contributed by atoms with Crippen molar-refractivity contribution in [3.63, 3.8) is 0 Å².